The Labute approximate surface area is 145 Å². The topological polar surface area (TPSA) is 76.1 Å². The number of amides is 1. The zero-order valence-corrected chi connectivity index (χ0v) is 15.1. The Morgan fingerprint density at radius 2 is 2.17 bits per heavy atom. The van der Waals surface area contributed by atoms with Crippen LogP contribution in [0, 0.1) is 17.8 Å². The average molecular weight is 364 g/mol. The molecule has 0 aliphatic heterocycles. The second kappa shape index (κ2) is 5.81. The maximum Gasteiger partial charge on any atom is 0.226 e. The number of sulfone groups is 1. The van der Waals surface area contributed by atoms with Gasteiger partial charge in [0.1, 0.15) is 0 Å². The van der Waals surface area contributed by atoms with Crippen molar-refractivity contribution in [2.45, 2.75) is 37.0 Å². The molecule has 0 unspecified atom stereocenters. The zero-order chi connectivity index (χ0) is 16.9. The van der Waals surface area contributed by atoms with Gasteiger partial charge in [-0.3, -0.25) is 4.79 Å². The maximum atomic E-state index is 12.3. The molecule has 1 aromatic heterocycles. The molecule has 5 nitrogen and oxygen atoms in total. The molecule has 1 N–H and O–H groups in total. The molecule has 128 valence electrons. The third kappa shape index (κ3) is 3.07. The third-order valence-electron chi connectivity index (χ3n) is 5.37. The summed E-state index contributed by atoms with van der Waals surface area (Å²) in [7, 11) is -3.24. The van der Waals surface area contributed by atoms with Gasteiger partial charge in [0.15, 0.2) is 15.0 Å². The molecule has 2 aliphatic carbocycles. The van der Waals surface area contributed by atoms with Crippen LogP contribution in [0.5, 0.6) is 0 Å². The van der Waals surface area contributed by atoms with Crippen molar-refractivity contribution >= 4 is 42.4 Å². The number of nitrogens with zero attached hydrogens (tertiary/aromatic N) is 1. The number of aromatic nitrogens is 1. The van der Waals surface area contributed by atoms with E-state index in [2.05, 4.69) is 10.3 Å². The number of thiazole rings is 1. The van der Waals surface area contributed by atoms with Gasteiger partial charge in [0.2, 0.25) is 5.91 Å². The first kappa shape index (κ1) is 16.0. The van der Waals surface area contributed by atoms with Crippen LogP contribution in [-0.4, -0.2) is 25.6 Å². The first-order valence-electron chi connectivity index (χ1n) is 8.29. The number of nitrogens with one attached hydrogen (secondary N) is 1. The number of carbonyl (C=O) groups excluding carboxylic acids is 1. The van der Waals surface area contributed by atoms with Gasteiger partial charge in [-0.1, -0.05) is 17.8 Å². The van der Waals surface area contributed by atoms with Gasteiger partial charge in [0.25, 0.3) is 0 Å². The molecule has 0 saturated heterocycles. The molecule has 2 fully saturated rings. The van der Waals surface area contributed by atoms with E-state index in [9.17, 15) is 13.2 Å². The number of carbonyl (C=O) groups is 1. The van der Waals surface area contributed by atoms with Crippen LogP contribution >= 0.6 is 11.3 Å². The minimum absolute atomic E-state index is 0.0231. The molecule has 0 radical (unpaired) electrons. The van der Waals surface area contributed by atoms with Gasteiger partial charge < -0.3 is 5.32 Å². The van der Waals surface area contributed by atoms with E-state index in [-0.39, 0.29) is 10.8 Å². The Morgan fingerprint density at radius 3 is 2.83 bits per heavy atom. The Kier molecular flexibility index (Phi) is 3.88. The fraction of sp³-hybridized carbons (Fsp3) is 0.529. The normalized spacial score (nSPS) is 26.1. The van der Waals surface area contributed by atoms with E-state index in [1.807, 2.05) is 0 Å². The van der Waals surface area contributed by atoms with Crippen molar-refractivity contribution in [2.24, 2.45) is 17.8 Å². The summed E-state index contributed by atoms with van der Waals surface area (Å²) >= 11 is 1.32. The minimum atomic E-state index is -3.24. The van der Waals surface area contributed by atoms with Crippen LogP contribution in [0.2, 0.25) is 0 Å². The molecule has 2 aliphatic rings. The Balaban J connectivity index is 1.47. The molecule has 2 aromatic rings. The van der Waals surface area contributed by atoms with Crippen molar-refractivity contribution in [2.75, 3.05) is 11.6 Å². The highest BCUT2D eigenvalue weighted by molar-refractivity contribution is 7.90. The van der Waals surface area contributed by atoms with Gasteiger partial charge >= 0.3 is 0 Å². The SMILES string of the molecule is CS(=O)(=O)c1ccc2nc(NC(=O)C[C@@H]3C[C@H]4CC[C@@H]3C4)sc2c1. The second-order valence-electron chi connectivity index (χ2n) is 7.11. The van der Waals surface area contributed by atoms with Crippen molar-refractivity contribution in [1.29, 1.82) is 0 Å². The molecule has 7 heteroatoms. The number of hydrogen-bond donors (Lipinski definition) is 1. The van der Waals surface area contributed by atoms with Gasteiger partial charge in [0, 0.05) is 12.7 Å². The summed E-state index contributed by atoms with van der Waals surface area (Å²) in [5, 5.41) is 3.44. The van der Waals surface area contributed by atoms with Gasteiger partial charge in [-0.2, -0.15) is 0 Å². The summed E-state index contributed by atoms with van der Waals surface area (Å²) < 4.78 is 24.0. The number of rotatable bonds is 4. The van der Waals surface area contributed by atoms with E-state index in [0.717, 1.165) is 16.5 Å². The molecule has 1 aromatic carbocycles. The van der Waals surface area contributed by atoms with Crippen LogP contribution < -0.4 is 5.32 Å². The molecular formula is C17H20N2O3S2. The monoisotopic (exact) mass is 364 g/mol. The molecule has 2 bridgehead atoms. The van der Waals surface area contributed by atoms with E-state index in [4.69, 9.17) is 0 Å². The highest BCUT2D eigenvalue weighted by Crippen LogP contribution is 2.49. The Hall–Kier alpha value is -1.47. The van der Waals surface area contributed by atoms with Crippen LogP contribution in [-0.2, 0) is 14.6 Å². The summed E-state index contributed by atoms with van der Waals surface area (Å²) in [5.41, 5.74) is 0.711. The largest absolute Gasteiger partial charge is 0.302 e. The summed E-state index contributed by atoms with van der Waals surface area (Å²) in [6.45, 7) is 0. The van der Waals surface area contributed by atoms with Crippen LogP contribution in [0.4, 0.5) is 5.13 Å². The van der Waals surface area contributed by atoms with Crippen LogP contribution in [0.15, 0.2) is 23.1 Å². The van der Waals surface area contributed by atoms with Crippen molar-refractivity contribution < 1.29 is 13.2 Å². The lowest BCUT2D eigenvalue weighted by molar-refractivity contribution is -0.117. The first-order chi connectivity index (χ1) is 11.4. The molecule has 2 saturated carbocycles. The van der Waals surface area contributed by atoms with E-state index < -0.39 is 9.84 Å². The molecule has 1 amide bonds. The highest BCUT2D eigenvalue weighted by Gasteiger charge is 2.40. The summed E-state index contributed by atoms with van der Waals surface area (Å²) in [5.74, 6) is 2.11. The molecule has 0 spiro atoms. The number of anilines is 1. The van der Waals surface area contributed by atoms with E-state index in [1.165, 1.54) is 43.3 Å². The van der Waals surface area contributed by atoms with E-state index in [0.29, 0.717) is 23.0 Å². The molecular weight excluding hydrogens is 344 g/mol. The lowest BCUT2D eigenvalue weighted by atomic mass is 9.86. The van der Waals surface area contributed by atoms with Crippen molar-refractivity contribution in [3.63, 3.8) is 0 Å². The number of benzene rings is 1. The summed E-state index contributed by atoms with van der Waals surface area (Å²) in [6.07, 6.45) is 6.86. The Morgan fingerprint density at radius 1 is 1.33 bits per heavy atom. The van der Waals surface area contributed by atoms with Gasteiger partial charge in [-0.15, -0.1) is 0 Å². The van der Waals surface area contributed by atoms with Gasteiger partial charge in [0.05, 0.1) is 15.1 Å². The molecule has 24 heavy (non-hydrogen) atoms. The summed E-state index contributed by atoms with van der Waals surface area (Å²) in [6, 6.07) is 4.86. The lowest BCUT2D eigenvalue weighted by Gasteiger charge is -2.20. The highest BCUT2D eigenvalue weighted by atomic mass is 32.2. The number of hydrogen-bond acceptors (Lipinski definition) is 5. The molecule has 3 atom stereocenters. The van der Waals surface area contributed by atoms with Crippen molar-refractivity contribution in [3.8, 4) is 0 Å². The fourth-order valence-electron chi connectivity index (χ4n) is 4.22. The predicted molar refractivity (Wildman–Crippen MR) is 94.9 cm³/mol. The van der Waals surface area contributed by atoms with E-state index in [1.54, 1.807) is 18.2 Å². The smallest absolute Gasteiger partial charge is 0.226 e. The van der Waals surface area contributed by atoms with Gasteiger partial charge in [-0.25, -0.2) is 13.4 Å². The van der Waals surface area contributed by atoms with E-state index >= 15 is 0 Å². The third-order valence-corrected chi connectivity index (χ3v) is 7.41. The predicted octanol–water partition coefficient (Wildman–Crippen LogP) is 3.46. The van der Waals surface area contributed by atoms with Crippen LogP contribution in [0.25, 0.3) is 10.2 Å². The quantitative estimate of drug-likeness (QED) is 0.901. The fourth-order valence-corrected chi connectivity index (χ4v) is 5.87. The van der Waals surface area contributed by atoms with Crippen LogP contribution in [0.3, 0.4) is 0 Å². The Bertz CT molecular complexity index is 904. The summed E-state index contributed by atoms with van der Waals surface area (Å²) in [4.78, 5) is 17.0. The number of fused-ring (bicyclic) bond motifs is 3. The molecule has 1 heterocycles. The average Bonchev–Trinajstić information content (AvgIpc) is 3.18. The van der Waals surface area contributed by atoms with Crippen molar-refractivity contribution in [1.82, 2.24) is 4.98 Å². The first-order valence-corrected chi connectivity index (χ1v) is 11.0. The second-order valence-corrected chi connectivity index (χ2v) is 10.2. The lowest BCUT2D eigenvalue weighted by Crippen LogP contribution is -2.20. The molecule has 4 rings (SSSR count). The zero-order valence-electron chi connectivity index (χ0n) is 13.5. The standard InChI is InChI=1S/C17H20N2O3S2/c1-24(21,22)13-4-5-14-15(9-13)23-17(18-14)19-16(20)8-12-7-10-2-3-11(12)6-10/h4-5,9-12H,2-3,6-8H2,1H3,(H,18,19,20)/t10-,11+,12-/m0/s1. The van der Waals surface area contributed by atoms with Gasteiger partial charge in [-0.05, 0) is 55.2 Å². The van der Waals surface area contributed by atoms with Crippen LogP contribution in [0.1, 0.15) is 32.1 Å². The maximum absolute atomic E-state index is 12.3. The minimum Gasteiger partial charge on any atom is -0.302 e. The van der Waals surface area contributed by atoms with Crippen molar-refractivity contribution in [3.05, 3.63) is 18.2 Å².